The van der Waals surface area contributed by atoms with Gasteiger partial charge in [-0.15, -0.1) is 0 Å². The van der Waals surface area contributed by atoms with Crippen LogP contribution in [0.25, 0.3) is 0 Å². The second-order valence-electron chi connectivity index (χ2n) is 4.84. The molecule has 1 aliphatic rings. The Morgan fingerprint density at radius 1 is 1.40 bits per heavy atom. The Hall–Kier alpha value is -2.22. The number of hydrogen-bond acceptors (Lipinski definition) is 6. The molecule has 0 radical (unpaired) electrons. The first-order chi connectivity index (χ1) is 9.72. The van der Waals surface area contributed by atoms with Crippen LogP contribution >= 0.6 is 0 Å². The Bertz CT molecular complexity index is 571. The maximum atomic E-state index is 12.1. The lowest BCUT2D eigenvalue weighted by Crippen LogP contribution is -2.48. The van der Waals surface area contributed by atoms with Crippen molar-refractivity contribution >= 4 is 5.91 Å². The summed E-state index contributed by atoms with van der Waals surface area (Å²) in [6.45, 7) is 5.59. The van der Waals surface area contributed by atoms with Gasteiger partial charge in [0.2, 0.25) is 5.82 Å². The highest BCUT2D eigenvalue weighted by atomic mass is 16.5. The fourth-order valence-corrected chi connectivity index (χ4v) is 2.28. The molecule has 3 heterocycles. The highest BCUT2D eigenvalue weighted by Crippen LogP contribution is 2.10. The molecule has 0 saturated carbocycles. The predicted octanol–water partition coefficient (Wildman–Crippen LogP) is 0.0591. The summed E-state index contributed by atoms with van der Waals surface area (Å²) in [5, 5.41) is 10.2. The molecule has 1 N–H and O–H groups in total. The lowest BCUT2D eigenvalue weighted by Gasteiger charge is -2.33. The zero-order valence-corrected chi connectivity index (χ0v) is 11.2. The molecule has 20 heavy (non-hydrogen) atoms. The van der Waals surface area contributed by atoms with Gasteiger partial charge in [0.15, 0.2) is 5.76 Å². The van der Waals surface area contributed by atoms with Gasteiger partial charge in [-0.05, 0) is 6.92 Å². The van der Waals surface area contributed by atoms with Crippen LogP contribution in [0, 0.1) is 6.92 Å². The molecule has 0 atom stereocenters. The summed E-state index contributed by atoms with van der Waals surface area (Å²) < 4.78 is 5.20. The first-order valence-electron chi connectivity index (χ1n) is 6.51. The number of nitrogens with one attached hydrogen (secondary N) is 1. The summed E-state index contributed by atoms with van der Waals surface area (Å²) in [6, 6.07) is 1.94. The van der Waals surface area contributed by atoms with E-state index in [1.54, 1.807) is 4.90 Å². The van der Waals surface area contributed by atoms with Crippen molar-refractivity contribution in [1.82, 2.24) is 30.1 Å². The quantitative estimate of drug-likeness (QED) is 0.852. The minimum atomic E-state index is -0.0994. The van der Waals surface area contributed by atoms with Crippen LogP contribution in [0.5, 0.6) is 0 Å². The van der Waals surface area contributed by atoms with Crippen molar-refractivity contribution in [2.24, 2.45) is 0 Å². The number of nitrogens with zero attached hydrogens (tertiary/aromatic N) is 5. The second kappa shape index (κ2) is 5.41. The summed E-state index contributed by atoms with van der Waals surface area (Å²) in [4.78, 5) is 20.0. The summed E-state index contributed by atoms with van der Waals surface area (Å²) >= 11 is 0. The lowest BCUT2D eigenvalue weighted by molar-refractivity contribution is 0.0606. The third kappa shape index (κ3) is 2.69. The molecule has 8 heteroatoms. The predicted molar refractivity (Wildman–Crippen MR) is 68.8 cm³/mol. The van der Waals surface area contributed by atoms with E-state index in [2.05, 4.69) is 25.2 Å². The van der Waals surface area contributed by atoms with E-state index in [1.807, 2.05) is 13.0 Å². The Morgan fingerprint density at radius 2 is 2.20 bits per heavy atom. The van der Waals surface area contributed by atoms with Crippen molar-refractivity contribution in [3.8, 4) is 0 Å². The van der Waals surface area contributed by atoms with Crippen LogP contribution in [0.3, 0.4) is 0 Å². The fourth-order valence-electron chi connectivity index (χ4n) is 2.28. The molecule has 0 spiro atoms. The Balaban J connectivity index is 1.53. The van der Waals surface area contributed by atoms with Gasteiger partial charge in [0.25, 0.3) is 5.91 Å². The van der Waals surface area contributed by atoms with E-state index < -0.39 is 0 Å². The molecule has 0 aliphatic carbocycles. The molecule has 8 nitrogen and oxygen atoms in total. The number of rotatable bonds is 3. The second-order valence-corrected chi connectivity index (χ2v) is 4.84. The maximum Gasteiger partial charge on any atom is 0.291 e. The number of aromatic nitrogens is 4. The van der Waals surface area contributed by atoms with Crippen LogP contribution in [-0.4, -0.2) is 62.2 Å². The number of aryl methyl sites for hydroxylation is 1. The number of hydrogen-bond donors (Lipinski definition) is 1. The van der Waals surface area contributed by atoms with Crippen molar-refractivity contribution in [3.63, 3.8) is 0 Å². The largest absolute Gasteiger partial charge is 0.360 e. The van der Waals surface area contributed by atoms with Gasteiger partial charge in [-0.25, -0.2) is 4.98 Å². The van der Waals surface area contributed by atoms with E-state index >= 15 is 0 Å². The van der Waals surface area contributed by atoms with Crippen LogP contribution in [0.4, 0.5) is 0 Å². The normalized spacial score (nSPS) is 16.6. The van der Waals surface area contributed by atoms with Gasteiger partial charge < -0.3 is 9.42 Å². The van der Waals surface area contributed by atoms with E-state index in [0.29, 0.717) is 18.9 Å². The molecule has 0 bridgehead atoms. The summed E-state index contributed by atoms with van der Waals surface area (Å²) in [6.07, 6.45) is 1.34. The topological polar surface area (TPSA) is 91.2 Å². The molecule has 0 aromatic carbocycles. The average Bonchev–Trinajstić information content (AvgIpc) is 3.11. The van der Waals surface area contributed by atoms with Gasteiger partial charge in [0, 0.05) is 32.2 Å². The number of carbonyl (C=O) groups is 1. The minimum Gasteiger partial charge on any atom is -0.360 e. The van der Waals surface area contributed by atoms with Crippen LogP contribution in [0.15, 0.2) is 16.9 Å². The highest BCUT2D eigenvalue weighted by Gasteiger charge is 2.24. The van der Waals surface area contributed by atoms with Gasteiger partial charge in [-0.2, -0.15) is 5.10 Å². The third-order valence-corrected chi connectivity index (χ3v) is 3.33. The third-order valence-electron chi connectivity index (χ3n) is 3.33. The number of aromatic amines is 1. The molecule has 1 saturated heterocycles. The molecule has 3 rings (SSSR count). The average molecular weight is 276 g/mol. The molecule has 1 amide bonds. The molecule has 2 aromatic rings. The molecule has 1 aliphatic heterocycles. The molecule has 1 fully saturated rings. The zero-order chi connectivity index (χ0) is 13.9. The summed E-state index contributed by atoms with van der Waals surface area (Å²) in [7, 11) is 0. The van der Waals surface area contributed by atoms with E-state index in [0.717, 1.165) is 31.1 Å². The van der Waals surface area contributed by atoms with Crippen LogP contribution in [0.1, 0.15) is 22.1 Å². The first-order valence-corrected chi connectivity index (χ1v) is 6.51. The van der Waals surface area contributed by atoms with E-state index in [1.165, 1.54) is 6.33 Å². The van der Waals surface area contributed by atoms with Gasteiger partial charge in [-0.1, -0.05) is 5.16 Å². The van der Waals surface area contributed by atoms with E-state index in [-0.39, 0.29) is 5.91 Å². The minimum absolute atomic E-state index is 0.0994. The SMILES string of the molecule is Cc1cc(CN2CCN(C(=O)c3ncn[nH]3)CC2)on1. The number of piperazine rings is 1. The van der Waals surface area contributed by atoms with Gasteiger partial charge in [0.05, 0.1) is 12.2 Å². The molecule has 2 aromatic heterocycles. The Labute approximate surface area is 115 Å². The monoisotopic (exact) mass is 276 g/mol. The summed E-state index contributed by atoms with van der Waals surface area (Å²) in [5.41, 5.74) is 0.888. The molecular formula is C12H16N6O2. The van der Waals surface area contributed by atoms with Crippen LogP contribution < -0.4 is 0 Å². The number of amides is 1. The lowest BCUT2D eigenvalue weighted by atomic mass is 10.3. The Morgan fingerprint density at radius 3 is 2.80 bits per heavy atom. The smallest absolute Gasteiger partial charge is 0.291 e. The maximum absolute atomic E-state index is 12.1. The highest BCUT2D eigenvalue weighted by molar-refractivity contribution is 5.90. The van der Waals surface area contributed by atoms with E-state index in [9.17, 15) is 4.79 Å². The van der Waals surface area contributed by atoms with Gasteiger partial charge in [-0.3, -0.25) is 14.8 Å². The van der Waals surface area contributed by atoms with Crippen LogP contribution in [0.2, 0.25) is 0 Å². The van der Waals surface area contributed by atoms with Gasteiger partial charge >= 0.3 is 0 Å². The van der Waals surface area contributed by atoms with Crippen molar-refractivity contribution in [3.05, 3.63) is 29.7 Å². The zero-order valence-electron chi connectivity index (χ0n) is 11.2. The van der Waals surface area contributed by atoms with Crippen molar-refractivity contribution in [2.45, 2.75) is 13.5 Å². The van der Waals surface area contributed by atoms with Crippen molar-refractivity contribution in [2.75, 3.05) is 26.2 Å². The number of H-pyrrole nitrogens is 1. The standard InChI is InChI=1S/C12H16N6O2/c1-9-6-10(20-16-9)7-17-2-4-18(5-3-17)12(19)11-13-8-14-15-11/h6,8H,2-5,7H2,1H3,(H,13,14,15). The summed E-state index contributed by atoms with van der Waals surface area (Å²) in [5.74, 6) is 1.06. The number of carbonyl (C=O) groups excluding carboxylic acids is 1. The molecule has 106 valence electrons. The fraction of sp³-hybridized carbons (Fsp3) is 0.500. The molecule has 0 unspecified atom stereocenters. The van der Waals surface area contributed by atoms with Gasteiger partial charge in [0.1, 0.15) is 6.33 Å². The first kappa shape index (κ1) is 12.8. The van der Waals surface area contributed by atoms with Crippen molar-refractivity contribution < 1.29 is 9.32 Å². The van der Waals surface area contributed by atoms with Crippen LogP contribution in [-0.2, 0) is 6.54 Å². The molecular weight excluding hydrogens is 260 g/mol. The van der Waals surface area contributed by atoms with Crippen molar-refractivity contribution in [1.29, 1.82) is 0 Å². The Kier molecular flexibility index (Phi) is 3.46. The van der Waals surface area contributed by atoms with E-state index in [4.69, 9.17) is 4.52 Å².